The normalized spacial score (nSPS) is 49.2. The van der Waals surface area contributed by atoms with E-state index in [0.717, 1.165) is 19.3 Å². The van der Waals surface area contributed by atoms with Gasteiger partial charge in [0.2, 0.25) is 0 Å². The third-order valence-electron chi connectivity index (χ3n) is 2.84. The zero-order chi connectivity index (χ0) is 7.78. The van der Waals surface area contributed by atoms with Crippen LogP contribution in [0.1, 0.15) is 33.1 Å². The molecule has 0 spiro atoms. The lowest BCUT2D eigenvalue weighted by molar-refractivity contribution is 0.206. The summed E-state index contributed by atoms with van der Waals surface area (Å²) in [5.74, 6) is 0.580. The van der Waals surface area contributed by atoms with Gasteiger partial charge in [0.05, 0.1) is 0 Å². The minimum atomic E-state index is 0.0376. The molecule has 0 radical (unpaired) electrons. The topological polar surface area (TPSA) is 52.0 Å². The Labute approximate surface area is 63.0 Å². The lowest BCUT2D eigenvalue weighted by Crippen LogP contribution is -2.49. The highest BCUT2D eigenvalue weighted by Crippen LogP contribution is 2.30. The Kier molecular flexibility index (Phi) is 2.02. The van der Waals surface area contributed by atoms with Gasteiger partial charge in [0.15, 0.2) is 0 Å². The van der Waals surface area contributed by atoms with Crippen LogP contribution in [0.25, 0.3) is 0 Å². The van der Waals surface area contributed by atoms with E-state index < -0.39 is 0 Å². The molecule has 4 N–H and O–H groups in total. The second-order valence-corrected chi connectivity index (χ2v) is 3.94. The van der Waals surface area contributed by atoms with Crippen molar-refractivity contribution in [3.05, 3.63) is 0 Å². The summed E-state index contributed by atoms with van der Waals surface area (Å²) in [6.45, 7) is 4.32. The van der Waals surface area contributed by atoms with E-state index in [1.54, 1.807) is 0 Å². The Morgan fingerprint density at radius 1 is 1.50 bits per heavy atom. The van der Waals surface area contributed by atoms with Crippen molar-refractivity contribution in [2.24, 2.45) is 17.4 Å². The van der Waals surface area contributed by atoms with Crippen LogP contribution in [0.4, 0.5) is 0 Å². The molecule has 0 saturated heterocycles. The van der Waals surface area contributed by atoms with Gasteiger partial charge in [-0.05, 0) is 32.1 Å². The van der Waals surface area contributed by atoms with Gasteiger partial charge in [0.1, 0.15) is 0 Å². The second-order valence-electron chi connectivity index (χ2n) is 3.94. The first kappa shape index (κ1) is 8.02. The molecule has 3 unspecified atom stereocenters. The highest BCUT2D eigenvalue weighted by molar-refractivity contribution is 4.91. The third kappa shape index (κ3) is 1.50. The van der Waals surface area contributed by atoms with Crippen molar-refractivity contribution in [2.75, 3.05) is 0 Å². The third-order valence-corrected chi connectivity index (χ3v) is 2.84. The van der Waals surface area contributed by atoms with Gasteiger partial charge in [-0.1, -0.05) is 6.92 Å². The maximum absolute atomic E-state index is 6.03. The lowest BCUT2D eigenvalue weighted by atomic mass is 9.74. The van der Waals surface area contributed by atoms with Crippen molar-refractivity contribution in [3.63, 3.8) is 0 Å². The Morgan fingerprint density at radius 2 is 2.10 bits per heavy atom. The van der Waals surface area contributed by atoms with Gasteiger partial charge in [-0.2, -0.15) is 0 Å². The van der Waals surface area contributed by atoms with Crippen LogP contribution in [0.2, 0.25) is 0 Å². The molecule has 0 aliphatic heterocycles. The Balaban J connectivity index is 2.52. The van der Waals surface area contributed by atoms with Crippen LogP contribution in [-0.4, -0.2) is 11.6 Å². The fraction of sp³-hybridized carbons (Fsp3) is 1.00. The molecule has 3 atom stereocenters. The van der Waals surface area contributed by atoms with Crippen molar-refractivity contribution in [2.45, 2.75) is 44.7 Å². The molecule has 1 fully saturated rings. The zero-order valence-electron chi connectivity index (χ0n) is 6.93. The van der Waals surface area contributed by atoms with E-state index in [4.69, 9.17) is 11.5 Å². The average molecular weight is 142 g/mol. The molecule has 2 heteroatoms. The molecule has 1 aliphatic carbocycles. The molecule has 0 aromatic rings. The summed E-state index contributed by atoms with van der Waals surface area (Å²) in [5, 5.41) is 0. The van der Waals surface area contributed by atoms with E-state index in [1.807, 2.05) is 0 Å². The van der Waals surface area contributed by atoms with Crippen LogP contribution < -0.4 is 11.5 Å². The van der Waals surface area contributed by atoms with Gasteiger partial charge in [-0.15, -0.1) is 0 Å². The number of hydrogen-bond donors (Lipinski definition) is 2. The molecular weight excluding hydrogens is 124 g/mol. The van der Waals surface area contributed by atoms with Gasteiger partial charge in [-0.25, -0.2) is 0 Å². The molecule has 10 heavy (non-hydrogen) atoms. The zero-order valence-corrected chi connectivity index (χ0v) is 6.93. The monoisotopic (exact) mass is 142 g/mol. The van der Waals surface area contributed by atoms with Crippen LogP contribution in [0.5, 0.6) is 0 Å². The number of rotatable bonds is 0. The standard InChI is InChI=1S/C8H18N2/c1-6-5-7(9)3-4-8(6,2)10/h6-7H,3-5,9-10H2,1-2H3. The van der Waals surface area contributed by atoms with Crippen LogP contribution in [-0.2, 0) is 0 Å². The summed E-state index contributed by atoms with van der Waals surface area (Å²) in [4.78, 5) is 0. The molecule has 0 heterocycles. The predicted molar refractivity (Wildman–Crippen MR) is 43.6 cm³/mol. The van der Waals surface area contributed by atoms with E-state index in [0.29, 0.717) is 12.0 Å². The molecule has 2 nitrogen and oxygen atoms in total. The summed E-state index contributed by atoms with van der Waals surface area (Å²) in [5.41, 5.74) is 11.9. The highest BCUT2D eigenvalue weighted by atomic mass is 14.8. The molecule has 0 aromatic carbocycles. The van der Waals surface area contributed by atoms with Crippen molar-refractivity contribution < 1.29 is 0 Å². The van der Waals surface area contributed by atoms with Crippen molar-refractivity contribution in [1.29, 1.82) is 0 Å². The molecule has 0 aromatic heterocycles. The first-order valence-electron chi connectivity index (χ1n) is 4.07. The van der Waals surface area contributed by atoms with Crippen LogP contribution in [0, 0.1) is 5.92 Å². The molecule has 1 saturated carbocycles. The first-order valence-corrected chi connectivity index (χ1v) is 4.07. The van der Waals surface area contributed by atoms with E-state index in [-0.39, 0.29) is 5.54 Å². The quantitative estimate of drug-likeness (QED) is 0.527. The summed E-state index contributed by atoms with van der Waals surface area (Å²) >= 11 is 0. The summed E-state index contributed by atoms with van der Waals surface area (Å²) in [6, 6.07) is 0.395. The van der Waals surface area contributed by atoms with E-state index in [1.165, 1.54) is 0 Å². The second kappa shape index (κ2) is 2.51. The van der Waals surface area contributed by atoms with Gasteiger partial charge in [-0.3, -0.25) is 0 Å². The molecule has 1 aliphatic rings. The number of nitrogens with two attached hydrogens (primary N) is 2. The lowest BCUT2D eigenvalue weighted by Gasteiger charge is -2.38. The van der Waals surface area contributed by atoms with Gasteiger partial charge in [0, 0.05) is 11.6 Å². The van der Waals surface area contributed by atoms with Gasteiger partial charge >= 0.3 is 0 Å². The molecule has 60 valence electrons. The average Bonchev–Trinajstić information content (AvgIpc) is 1.81. The van der Waals surface area contributed by atoms with E-state index in [2.05, 4.69) is 13.8 Å². The maximum Gasteiger partial charge on any atom is 0.0152 e. The smallest absolute Gasteiger partial charge is 0.0152 e. The first-order chi connectivity index (χ1) is 4.52. The number of hydrogen-bond acceptors (Lipinski definition) is 2. The summed E-state index contributed by atoms with van der Waals surface area (Å²) in [7, 11) is 0. The Hall–Kier alpha value is -0.0800. The van der Waals surface area contributed by atoms with Crippen molar-refractivity contribution >= 4 is 0 Å². The molecular formula is C8H18N2. The summed E-state index contributed by atoms with van der Waals surface area (Å²) < 4.78 is 0. The van der Waals surface area contributed by atoms with Crippen molar-refractivity contribution in [3.8, 4) is 0 Å². The fourth-order valence-electron chi connectivity index (χ4n) is 1.58. The Bertz CT molecular complexity index is 120. The van der Waals surface area contributed by atoms with E-state index >= 15 is 0 Å². The van der Waals surface area contributed by atoms with Crippen LogP contribution in [0.3, 0.4) is 0 Å². The highest BCUT2D eigenvalue weighted by Gasteiger charge is 2.32. The molecule has 0 amide bonds. The maximum atomic E-state index is 6.03. The van der Waals surface area contributed by atoms with Crippen LogP contribution >= 0.6 is 0 Å². The molecule has 1 rings (SSSR count). The minimum Gasteiger partial charge on any atom is -0.328 e. The summed E-state index contributed by atoms with van der Waals surface area (Å²) in [6.07, 6.45) is 3.26. The fourth-order valence-corrected chi connectivity index (χ4v) is 1.58. The van der Waals surface area contributed by atoms with Crippen LogP contribution in [0.15, 0.2) is 0 Å². The van der Waals surface area contributed by atoms with Crippen molar-refractivity contribution in [1.82, 2.24) is 0 Å². The van der Waals surface area contributed by atoms with E-state index in [9.17, 15) is 0 Å². The van der Waals surface area contributed by atoms with Gasteiger partial charge in [0.25, 0.3) is 0 Å². The molecule has 0 bridgehead atoms. The van der Waals surface area contributed by atoms with Gasteiger partial charge < -0.3 is 11.5 Å². The largest absolute Gasteiger partial charge is 0.328 e. The Morgan fingerprint density at radius 3 is 2.50 bits per heavy atom. The minimum absolute atomic E-state index is 0.0376. The predicted octanol–water partition coefficient (Wildman–Crippen LogP) is 0.851. The SMILES string of the molecule is CC1CC(N)CCC1(C)N.